The Labute approximate surface area is 158 Å². The molecule has 0 aromatic rings. The number of carboxylic acids is 1. The number of hydrogen-bond acceptors (Lipinski definition) is 9. The highest BCUT2D eigenvalue weighted by molar-refractivity contribution is 6.32. The van der Waals surface area contributed by atoms with Crippen molar-refractivity contribution in [3.05, 3.63) is 0 Å². The number of carbonyl (C=O) groups excluding carboxylic acids is 3. The Bertz CT molecular complexity index is 481. The molecular weight excluding hydrogens is 364 g/mol. The molecule has 0 bridgehead atoms. The van der Waals surface area contributed by atoms with Crippen LogP contribution in [0.5, 0.6) is 0 Å². The smallest absolute Gasteiger partial charge is 0.372 e. The lowest BCUT2D eigenvalue weighted by Gasteiger charge is -2.19. The van der Waals surface area contributed by atoms with Crippen molar-refractivity contribution in [2.45, 2.75) is 39.2 Å². The highest BCUT2D eigenvalue weighted by Gasteiger charge is 2.16. The van der Waals surface area contributed by atoms with Crippen LogP contribution in [0.1, 0.15) is 33.6 Å². The molecule has 10 nitrogen and oxygen atoms in total. The van der Waals surface area contributed by atoms with Crippen molar-refractivity contribution in [2.75, 3.05) is 46.2 Å². The second-order valence-corrected chi connectivity index (χ2v) is 6.31. The fraction of sp³-hybridized carbons (Fsp3) is 0.765. The Morgan fingerprint density at radius 2 is 1.26 bits per heavy atom. The molecule has 0 aromatic heterocycles. The number of carbonyl (C=O) groups is 4. The number of hydrogen-bond donors (Lipinski definition) is 1. The van der Waals surface area contributed by atoms with Crippen molar-refractivity contribution in [1.82, 2.24) is 0 Å². The highest BCUT2D eigenvalue weighted by atomic mass is 16.6. The molecule has 0 amide bonds. The average molecular weight is 392 g/mol. The molecule has 0 aliphatic carbocycles. The van der Waals surface area contributed by atoms with E-state index in [1.165, 1.54) is 0 Å². The zero-order chi connectivity index (χ0) is 20.7. The fourth-order valence-electron chi connectivity index (χ4n) is 1.58. The summed E-state index contributed by atoms with van der Waals surface area (Å²) in [6.07, 6.45) is -0.670. The van der Waals surface area contributed by atoms with Crippen LogP contribution < -0.4 is 0 Å². The SMILES string of the molecule is CC(C)(C)OC(=O)COCCOCCOCCOC(=O)CCC(=O)C(=O)O. The van der Waals surface area contributed by atoms with Gasteiger partial charge in [-0.15, -0.1) is 0 Å². The molecule has 0 fully saturated rings. The second kappa shape index (κ2) is 14.1. The van der Waals surface area contributed by atoms with Crippen LogP contribution in [0.4, 0.5) is 0 Å². The lowest BCUT2D eigenvalue weighted by atomic mass is 10.2. The Hall–Kier alpha value is -2.04. The van der Waals surface area contributed by atoms with Gasteiger partial charge in [0.15, 0.2) is 0 Å². The van der Waals surface area contributed by atoms with Gasteiger partial charge in [-0.2, -0.15) is 0 Å². The van der Waals surface area contributed by atoms with Gasteiger partial charge >= 0.3 is 17.9 Å². The van der Waals surface area contributed by atoms with Crippen molar-refractivity contribution in [3.8, 4) is 0 Å². The summed E-state index contributed by atoms with van der Waals surface area (Å²) in [7, 11) is 0. The molecule has 0 heterocycles. The molecule has 0 radical (unpaired) electrons. The van der Waals surface area contributed by atoms with Crippen LogP contribution in [0.15, 0.2) is 0 Å². The van der Waals surface area contributed by atoms with Crippen LogP contribution in [0.2, 0.25) is 0 Å². The maximum absolute atomic E-state index is 11.4. The van der Waals surface area contributed by atoms with Gasteiger partial charge in [0.05, 0.1) is 39.5 Å². The van der Waals surface area contributed by atoms with Gasteiger partial charge < -0.3 is 28.8 Å². The minimum atomic E-state index is -1.57. The van der Waals surface area contributed by atoms with Crippen LogP contribution in [-0.4, -0.2) is 80.6 Å². The predicted octanol–water partition coefficient (Wildman–Crippen LogP) is 0.355. The van der Waals surface area contributed by atoms with Crippen LogP contribution in [0.25, 0.3) is 0 Å². The molecule has 27 heavy (non-hydrogen) atoms. The summed E-state index contributed by atoms with van der Waals surface area (Å²) in [5, 5.41) is 8.36. The van der Waals surface area contributed by atoms with Crippen molar-refractivity contribution in [2.24, 2.45) is 0 Å². The Morgan fingerprint density at radius 1 is 0.741 bits per heavy atom. The van der Waals surface area contributed by atoms with Gasteiger partial charge in [-0.25, -0.2) is 9.59 Å². The average Bonchev–Trinajstić information content (AvgIpc) is 2.55. The van der Waals surface area contributed by atoms with E-state index in [9.17, 15) is 19.2 Å². The first-order valence-electron chi connectivity index (χ1n) is 8.48. The monoisotopic (exact) mass is 392 g/mol. The molecule has 156 valence electrons. The van der Waals surface area contributed by atoms with Crippen molar-refractivity contribution < 1.29 is 48.0 Å². The van der Waals surface area contributed by atoms with Crippen molar-refractivity contribution in [1.29, 1.82) is 0 Å². The van der Waals surface area contributed by atoms with E-state index in [0.29, 0.717) is 13.2 Å². The number of rotatable bonds is 15. The summed E-state index contributed by atoms with van der Waals surface area (Å²) >= 11 is 0. The predicted molar refractivity (Wildman–Crippen MR) is 91.1 cm³/mol. The van der Waals surface area contributed by atoms with Crippen molar-refractivity contribution in [3.63, 3.8) is 0 Å². The number of aliphatic carboxylic acids is 1. The van der Waals surface area contributed by atoms with E-state index < -0.39 is 35.7 Å². The third-order valence-electron chi connectivity index (χ3n) is 2.67. The van der Waals surface area contributed by atoms with Crippen LogP contribution >= 0.6 is 0 Å². The zero-order valence-corrected chi connectivity index (χ0v) is 16.0. The van der Waals surface area contributed by atoms with E-state index in [-0.39, 0.29) is 39.5 Å². The van der Waals surface area contributed by atoms with Gasteiger partial charge in [0.2, 0.25) is 5.78 Å². The largest absolute Gasteiger partial charge is 0.476 e. The third-order valence-corrected chi connectivity index (χ3v) is 2.67. The summed E-state index contributed by atoms with van der Waals surface area (Å²) in [4.78, 5) is 43.7. The summed E-state index contributed by atoms with van der Waals surface area (Å²) in [6.45, 7) is 6.44. The molecule has 0 saturated carbocycles. The number of esters is 2. The highest BCUT2D eigenvalue weighted by Crippen LogP contribution is 2.06. The van der Waals surface area contributed by atoms with Gasteiger partial charge in [0.1, 0.15) is 18.8 Å². The van der Waals surface area contributed by atoms with Gasteiger partial charge in [-0.1, -0.05) is 0 Å². The van der Waals surface area contributed by atoms with Crippen LogP contribution in [-0.2, 0) is 42.9 Å². The topological polar surface area (TPSA) is 135 Å². The summed E-state index contributed by atoms with van der Waals surface area (Å²) in [5.41, 5.74) is -0.543. The van der Waals surface area contributed by atoms with Gasteiger partial charge in [-0.05, 0) is 20.8 Å². The van der Waals surface area contributed by atoms with Gasteiger partial charge in [0, 0.05) is 6.42 Å². The first-order valence-corrected chi connectivity index (χ1v) is 8.48. The normalized spacial score (nSPS) is 11.1. The third kappa shape index (κ3) is 17.1. The van der Waals surface area contributed by atoms with E-state index in [1.807, 2.05) is 0 Å². The second-order valence-electron chi connectivity index (χ2n) is 6.31. The molecule has 0 aromatic carbocycles. The number of ether oxygens (including phenoxy) is 5. The molecule has 1 N–H and O–H groups in total. The molecule has 10 heteroatoms. The number of Topliss-reactive ketones (excluding diaryl/α,β-unsaturated/α-hetero) is 1. The lowest BCUT2D eigenvalue weighted by molar-refractivity contribution is -0.160. The Kier molecular flexibility index (Phi) is 13.0. The number of carboxylic acid groups (broad SMARTS) is 1. The molecule has 0 aliphatic rings. The van der Waals surface area contributed by atoms with Crippen LogP contribution in [0, 0.1) is 0 Å². The zero-order valence-electron chi connectivity index (χ0n) is 16.0. The van der Waals surface area contributed by atoms with Gasteiger partial charge in [-0.3, -0.25) is 9.59 Å². The summed E-state index contributed by atoms with van der Waals surface area (Å²) in [5.74, 6) is -3.70. The minimum absolute atomic E-state index is 0.000898. The lowest BCUT2D eigenvalue weighted by Crippen LogP contribution is -2.27. The van der Waals surface area contributed by atoms with Gasteiger partial charge in [0.25, 0.3) is 0 Å². The summed E-state index contributed by atoms with van der Waals surface area (Å²) in [6, 6.07) is 0. The van der Waals surface area contributed by atoms with E-state index >= 15 is 0 Å². The maximum Gasteiger partial charge on any atom is 0.372 e. The molecule has 0 spiro atoms. The molecular formula is C17H28O10. The van der Waals surface area contributed by atoms with E-state index in [1.54, 1.807) is 20.8 Å². The first-order chi connectivity index (χ1) is 12.6. The summed E-state index contributed by atoms with van der Waals surface area (Å²) < 4.78 is 25.4. The molecule has 0 rings (SSSR count). The van der Waals surface area contributed by atoms with Crippen molar-refractivity contribution >= 4 is 23.7 Å². The minimum Gasteiger partial charge on any atom is -0.476 e. The fourth-order valence-corrected chi connectivity index (χ4v) is 1.58. The first kappa shape index (κ1) is 25.0. The molecule has 0 atom stereocenters. The van der Waals surface area contributed by atoms with E-state index in [4.69, 9.17) is 28.8 Å². The Morgan fingerprint density at radius 3 is 1.78 bits per heavy atom. The quantitative estimate of drug-likeness (QED) is 0.236. The van der Waals surface area contributed by atoms with E-state index in [0.717, 1.165) is 0 Å². The molecule has 0 saturated heterocycles. The standard InChI is InChI=1S/C17H28O10/c1-17(2,3)27-15(20)12-25-9-8-23-6-7-24-10-11-26-14(19)5-4-13(18)16(21)22/h4-12H2,1-3H3,(H,21,22). The van der Waals surface area contributed by atoms with Crippen LogP contribution in [0.3, 0.4) is 0 Å². The molecule has 0 unspecified atom stereocenters. The Balaban J connectivity index is 3.38. The number of ketones is 1. The molecule has 0 aliphatic heterocycles. The maximum atomic E-state index is 11.4. The van der Waals surface area contributed by atoms with E-state index in [2.05, 4.69) is 0 Å².